The van der Waals surface area contributed by atoms with E-state index in [2.05, 4.69) is 10.3 Å². The van der Waals surface area contributed by atoms with E-state index in [1.54, 1.807) is 26.0 Å². The number of thiazole rings is 1. The molecule has 0 aliphatic heterocycles. The molecule has 1 N–H and O–H groups in total. The zero-order valence-corrected chi connectivity index (χ0v) is 15.8. The van der Waals surface area contributed by atoms with E-state index in [0.717, 1.165) is 10.6 Å². The van der Waals surface area contributed by atoms with Gasteiger partial charge in [-0.15, -0.1) is 11.3 Å². The number of aryl methyl sites for hydroxylation is 2. The van der Waals surface area contributed by atoms with Crippen molar-refractivity contribution in [3.8, 4) is 0 Å². The van der Waals surface area contributed by atoms with Gasteiger partial charge >= 0.3 is 0 Å². The predicted octanol–water partition coefficient (Wildman–Crippen LogP) is 3.04. The van der Waals surface area contributed by atoms with Crippen LogP contribution >= 0.6 is 11.3 Å². The molecule has 0 saturated heterocycles. The third-order valence-electron chi connectivity index (χ3n) is 3.69. The number of hydrogen-bond acceptors (Lipinski definition) is 5. The van der Waals surface area contributed by atoms with Crippen molar-refractivity contribution in [1.29, 1.82) is 0 Å². The van der Waals surface area contributed by atoms with E-state index in [4.69, 9.17) is 0 Å². The smallest absolute Gasteiger partial charge is 0.257 e. The summed E-state index contributed by atoms with van der Waals surface area (Å²) in [6, 6.07) is 6.06. The third-order valence-corrected chi connectivity index (χ3v) is 6.72. The summed E-state index contributed by atoms with van der Waals surface area (Å²) in [6.45, 7) is 8.13. The molecule has 0 aliphatic carbocycles. The summed E-state index contributed by atoms with van der Waals surface area (Å²) in [6.07, 6.45) is 0. The van der Waals surface area contributed by atoms with Gasteiger partial charge in [0.2, 0.25) is 10.0 Å². The molecule has 0 bridgehead atoms. The monoisotopic (exact) mass is 367 g/mol. The van der Waals surface area contributed by atoms with E-state index in [-0.39, 0.29) is 16.4 Å². The lowest BCUT2D eigenvalue weighted by molar-refractivity contribution is 0.102. The molecular formula is C16H21N3O3S2. The minimum absolute atomic E-state index is 0.116. The Morgan fingerprint density at radius 3 is 2.46 bits per heavy atom. The van der Waals surface area contributed by atoms with Gasteiger partial charge < -0.3 is 0 Å². The summed E-state index contributed by atoms with van der Waals surface area (Å²) in [5, 5.41) is 3.22. The van der Waals surface area contributed by atoms with Crippen molar-refractivity contribution in [2.24, 2.45) is 0 Å². The SMILES string of the molecule is CCN(CC)S(=O)(=O)c1cccc(C(=O)Nc2nc(C)c(C)s2)c1. The van der Waals surface area contributed by atoms with E-state index in [1.165, 1.54) is 27.8 Å². The van der Waals surface area contributed by atoms with Crippen LogP contribution in [0.1, 0.15) is 34.8 Å². The Morgan fingerprint density at radius 2 is 1.92 bits per heavy atom. The predicted molar refractivity (Wildman–Crippen MR) is 96.1 cm³/mol. The van der Waals surface area contributed by atoms with Crippen LogP contribution in [0.5, 0.6) is 0 Å². The van der Waals surface area contributed by atoms with Crippen LogP contribution in [-0.2, 0) is 10.0 Å². The molecule has 0 radical (unpaired) electrons. The lowest BCUT2D eigenvalue weighted by Gasteiger charge is -2.18. The van der Waals surface area contributed by atoms with Crippen molar-refractivity contribution < 1.29 is 13.2 Å². The molecule has 2 aromatic rings. The van der Waals surface area contributed by atoms with Gasteiger partial charge in [-0.3, -0.25) is 10.1 Å². The summed E-state index contributed by atoms with van der Waals surface area (Å²) < 4.78 is 26.5. The van der Waals surface area contributed by atoms with Gasteiger partial charge in [0.1, 0.15) is 0 Å². The standard InChI is InChI=1S/C16H21N3O3S2/c1-5-19(6-2)24(21,22)14-9-7-8-13(10-14)15(20)18-16-17-11(3)12(4)23-16/h7-10H,5-6H2,1-4H3,(H,17,18,20). The first-order valence-corrected chi connectivity index (χ1v) is 9.90. The molecule has 0 unspecified atom stereocenters. The Bertz CT molecular complexity index is 821. The second kappa shape index (κ2) is 7.42. The number of amides is 1. The second-order valence-corrected chi connectivity index (χ2v) is 8.37. The molecule has 1 amide bonds. The molecule has 8 heteroatoms. The second-order valence-electron chi connectivity index (χ2n) is 5.23. The summed E-state index contributed by atoms with van der Waals surface area (Å²) in [5.41, 5.74) is 1.15. The summed E-state index contributed by atoms with van der Waals surface area (Å²) >= 11 is 1.39. The van der Waals surface area contributed by atoms with Crippen LogP contribution in [0.3, 0.4) is 0 Å². The number of rotatable bonds is 6. The van der Waals surface area contributed by atoms with Gasteiger partial charge in [0.25, 0.3) is 5.91 Å². The average molecular weight is 367 g/mol. The molecule has 0 spiro atoms. The van der Waals surface area contributed by atoms with E-state index in [9.17, 15) is 13.2 Å². The maximum Gasteiger partial charge on any atom is 0.257 e. The third kappa shape index (κ3) is 3.82. The zero-order chi connectivity index (χ0) is 17.9. The minimum atomic E-state index is -3.59. The van der Waals surface area contributed by atoms with E-state index in [1.807, 2.05) is 13.8 Å². The lowest BCUT2D eigenvalue weighted by atomic mass is 10.2. The topological polar surface area (TPSA) is 79.4 Å². The Morgan fingerprint density at radius 1 is 1.25 bits per heavy atom. The van der Waals surface area contributed by atoms with Gasteiger partial charge in [0.05, 0.1) is 10.6 Å². The fraction of sp³-hybridized carbons (Fsp3) is 0.375. The maximum atomic E-state index is 12.6. The van der Waals surface area contributed by atoms with Gasteiger partial charge in [0.15, 0.2) is 5.13 Å². The first-order chi connectivity index (χ1) is 11.3. The molecule has 130 valence electrons. The molecular weight excluding hydrogens is 346 g/mol. The van der Waals surface area contributed by atoms with Crippen molar-refractivity contribution in [3.05, 3.63) is 40.4 Å². The number of nitrogens with zero attached hydrogens (tertiary/aromatic N) is 2. The lowest BCUT2D eigenvalue weighted by Crippen LogP contribution is -2.30. The molecule has 2 rings (SSSR count). The van der Waals surface area contributed by atoms with Crippen molar-refractivity contribution in [1.82, 2.24) is 9.29 Å². The molecule has 6 nitrogen and oxygen atoms in total. The van der Waals surface area contributed by atoms with Gasteiger partial charge in [0, 0.05) is 23.5 Å². The van der Waals surface area contributed by atoms with Gasteiger partial charge in [-0.05, 0) is 32.0 Å². The Labute approximate surface area is 146 Å². The van der Waals surface area contributed by atoms with Crippen molar-refractivity contribution >= 4 is 32.4 Å². The summed E-state index contributed by atoms with van der Waals surface area (Å²) in [7, 11) is -3.59. The van der Waals surface area contributed by atoms with Crippen molar-refractivity contribution in [2.75, 3.05) is 18.4 Å². The highest BCUT2D eigenvalue weighted by Crippen LogP contribution is 2.22. The van der Waals surface area contributed by atoms with E-state index in [0.29, 0.717) is 18.2 Å². The fourth-order valence-electron chi connectivity index (χ4n) is 2.21. The van der Waals surface area contributed by atoms with Crippen LogP contribution in [0.2, 0.25) is 0 Å². The number of sulfonamides is 1. The molecule has 0 fully saturated rings. The number of anilines is 1. The number of aromatic nitrogens is 1. The Balaban J connectivity index is 2.28. The normalized spacial score (nSPS) is 11.7. The fourth-order valence-corrected chi connectivity index (χ4v) is 4.52. The molecule has 24 heavy (non-hydrogen) atoms. The Hall–Kier alpha value is -1.77. The molecule has 0 aliphatic rings. The molecule has 0 saturated carbocycles. The molecule has 1 heterocycles. The van der Waals surface area contributed by atoms with Crippen molar-refractivity contribution in [3.63, 3.8) is 0 Å². The first kappa shape index (κ1) is 18.6. The number of hydrogen-bond donors (Lipinski definition) is 1. The molecule has 1 aromatic carbocycles. The maximum absolute atomic E-state index is 12.6. The Kier molecular flexibility index (Phi) is 5.74. The summed E-state index contributed by atoms with van der Waals surface area (Å²) in [4.78, 5) is 17.8. The van der Waals surface area contributed by atoms with Gasteiger partial charge in [-0.1, -0.05) is 19.9 Å². The van der Waals surface area contributed by atoms with Crippen LogP contribution in [0.15, 0.2) is 29.2 Å². The minimum Gasteiger partial charge on any atom is -0.298 e. The number of benzene rings is 1. The number of nitrogens with one attached hydrogen (secondary N) is 1. The highest BCUT2D eigenvalue weighted by molar-refractivity contribution is 7.89. The van der Waals surface area contributed by atoms with Crippen LogP contribution in [0, 0.1) is 13.8 Å². The molecule has 0 atom stereocenters. The quantitative estimate of drug-likeness (QED) is 0.851. The number of carbonyl (C=O) groups excluding carboxylic acids is 1. The highest BCUT2D eigenvalue weighted by Gasteiger charge is 2.22. The number of carbonyl (C=O) groups is 1. The largest absolute Gasteiger partial charge is 0.298 e. The van der Waals surface area contributed by atoms with Crippen LogP contribution in [-0.4, -0.2) is 36.7 Å². The first-order valence-electron chi connectivity index (χ1n) is 7.65. The van der Waals surface area contributed by atoms with Gasteiger partial charge in [-0.25, -0.2) is 13.4 Å². The van der Waals surface area contributed by atoms with E-state index < -0.39 is 10.0 Å². The highest BCUT2D eigenvalue weighted by atomic mass is 32.2. The van der Waals surface area contributed by atoms with Crippen LogP contribution in [0.4, 0.5) is 5.13 Å². The van der Waals surface area contributed by atoms with Crippen LogP contribution in [0.25, 0.3) is 0 Å². The van der Waals surface area contributed by atoms with E-state index >= 15 is 0 Å². The van der Waals surface area contributed by atoms with Gasteiger partial charge in [-0.2, -0.15) is 4.31 Å². The summed E-state index contributed by atoms with van der Waals surface area (Å²) in [5.74, 6) is -0.375. The molecule has 1 aromatic heterocycles. The van der Waals surface area contributed by atoms with Crippen molar-refractivity contribution in [2.45, 2.75) is 32.6 Å². The zero-order valence-electron chi connectivity index (χ0n) is 14.2. The van der Waals surface area contributed by atoms with Crippen LogP contribution < -0.4 is 5.32 Å². The average Bonchev–Trinajstić information content (AvgIpc) is 2.86.